The first-order chi connectivity index (χ1) is 11.4. The van der Waals surface area contributed by atoms with Crippen molar-refractivity contribution in [1.29, 1.82) is 0 Å². The van der Waals surface area contributed by atoms with Gasteiger partial charge in [-0.2, -0.15) is 0 Å². The van der Waals surface area contributed by atoms with Gasteiger partial charge in [0.2, 0.25) is 5.60 Å². The number of carbonyl (C=O) groups excluding carboxylic acids is 3. The number of rotatable bonds is 7. The Morgan fingerprint density at radius 2 is 1.67 bits per heavy atom. The molecule has 0 aliphatic heterocycles. The molecule has 134 valence electrons. The first-order valence-corrected chi connectivity index (χ1v) is 8.72. The summed E-state index contributed by atoms with van der Waals surface area (Å²) in [6, 6.07) is 0. The summed E-state index contributed by atoms with van der Waals surface area (Å²) < 4.78 is 15.1. The Hall–Kier alpha value is -1.43. The molecule has 0 aromatic carbocycles. The summed E-state index contributed by atoms with van der Waals surface area (Å²) in [7, 11) is 1.22. The van der Waals surface area contributed by atoms with Crippen molar-refractivity contribution >= 4 is 18.2 Å². The molecule has 24 heavy (non-hydrogen) atoms. The second kappa shape index (κ2) is 6.47. The molecule has 0 spiro atoms. The summed E-state index contributed by atoms with van der Waals surface area (Å²) in [6.45, 7) is 1.21. The Balaban J connectivity index is 1.58. The lowest BCUT2D eigenvalue weighted by Crippen LogP contribution is -2.50. The van der Waals surface area contributed by atoms with Gasteiger partial charge in [0, 0.05) is 5.41 Å². The normalized spacial score (nSPS) is 36.0. The van der Waals surface area contributed by atoms with Crippen molar-refractivity contribution in [2.45, 2.75) is 51.0 Å². The first-order valence-electron chi connectivity index (χ1n) is 8.72. The van der Waals surface area contributed by atoms with Crippen LogP contribution >= 0.6 is 0 Å². The molecule has 6 heteroatoms. The van der Waals surface area contributed by atoms with Gasteiger partial charge in [-0.25, -0.2) is 9.59 Å². The summed E-state index contributed by atoms with van der Waals surface area (Å²) in [5.41, 5.74) is -1.69. The number of methoxy groups -OCH3 is 1. The number of aldehydes is 1. The molecular weight excluding hydrogens is 312 g/mol. The minimum atomic E-state index is -1.77. The Morgan fingerprint density at radius 1 is 1.12 bits per heavy atom. The van der Waals surface area contributed by atoms with E-state index in [4.69, 9.17) is 9.47 Å². The highest BCUT2D eigenvalue weighted by Crippen LogP contribution is 2.60. The van der Waals surface area contributed by atoms with Crippen LogP contribution in [0.4, 0.5) is 0 Å². The molecule has 4 rings (SSSR count). The molecule has 0 aromatic heterocycles. The van der Waals surface area contributed by atoms with Crippen LogP contribution in [0.15, 0.2) is 0 Å². The third-order valence-electron chi connectivity index (χ3n) is 6.02. The van der Waals surface area contributed by atoms with E-state index in [1.165, 1.54) is 33.3 Å². The van der Waals surface area contributed by atoms with Crippen molar-refractivity contribution in [2.24, 2.45) is 23.2 Å². The molecule has 1 atom stereocenters. The third kappa shape index (κ3) is 3.34. The molecule has 0 aromatic rings. The molecule has 1 unspecified atom stereocenters. The van der Waals surface area contributed by atoms with Gasteiger partial charge < -0.3 is 14.2 Å². The quantitative estimate of drug-likeness (QED) is 0.401. The summed E-state index contributed by atoms with van der Waals surface area (Å²) in [4.78, 5) is 34.8. The van der Waals surface area contributed by atoms with Crippen LogP contribution in [0.1, 0.15) is 45.4 Å². The summed E-state index contributed by atoms with van der Waals surface area (Å²) in [6.07, 6.45) is 7.70. The average molecular weight is 338 g/mol. The molecule has 0 amide bonds. The van der Waals surface area contributed by atoms with E-state index in [2.05, 4.69) is 4.74 Å². The predicted octanol–water partition coefficient (Wildman–Crippen LogP) is 1.89. The van der Waals surface area contributed by atoms with E-state index in [9.17, 15) is 14.4 Å². The molecule has 4 bridgehead atoms. The van der Waals surface area contributed by atoms with Crippen LogP contribution < -0.4 is 0 Å². The van der Waals surface area contributed by atoms with Crippen LogP contribution in [0, 0.1) is 23.2 Å². The van der Waals surface area contributed by atoms with Gasteiger partial charge in [0.05, 0.1) is 13.7 Å². The van der Waals surface area contributed by atoms with E-state index in [-0.39, 0.29) is 5.41 Å². The smallest absolute Gasteiger partial charge is 0.345 e. The lowest BCUT2D eigenvalue weighted by Gasteiger charge is -2.56. The highest BCUT2D eigenvalue weighted by Gasteiger charge is 2.52. The van der Waals surface area contributed by atoms with E-state index in [0.717, 1.165) is 37.0 Å². The number of carbonyl (C=O) groups is 3. The van der Waals surface area contributed by atoms with E-state index in [0.29, 0.717) is 12.9 Å². The maximum absolute atomic E-state index is 12.4. The van der Waals surface area contributed by atoms with Crippen LogP contribution in [-0.4, -0.2) is 44.1 Å². The summed E-state index contributed by atoms with van der Waals surface area (Å²) in [5, 5.41) is 0. The molecule has 4 aliphatic carbocycles. The van der Waals surface area contributed by atoms with Crippen LogP contribution in [-0.2, 0) is 28.6 Å². The Labute approximate surface area is 142 Å². The minimum Gasteiger partial charge on any atom is -0.467 e. The number of hydrogen-bond acceptors (Lipinski definition) is 6. The van der Waals surface area contributed by atoms with Crippen molar-refractivity contribution in [1.82, 2.24) is 0 Å². The fraction of sp³-hybridized carbons (Fsp3) is 0.833. The third-order valence-corrected chi connectivity index (χ3v) is 6.02. The van der Waals surface area contributed by atoms with Crippen molar-refractivity contribution in [3.63, 3.8) is 0 Å². The molecule has 4 aliphatic rings. The van der Waals surface area contributed by atoms with Crippen LogP contribution in [0.25, 0.3) is 0 Å². The number of hydrogen-bond donors (Lipinski definition) is 0. The standard InChI is InChI=1S/C18H26O6/c1-17(10-19,24-9-15(20)22-2)16(21)23-11-18-6-12-3-13(7-18)5-14(4-12)8-18/h10,12-14H,3-9,11H2,1-2H3. The molecule has 6 nitrogen and oxygen atoms in total. The van der Waals surface area contributed by atoms with E-state index < -0.39 is 24.1 Å². The van der Waals surface area contributed by atoms with E-state index in [1.807, 2.05) is 0 Å². The molecule has 0 heterocycles. The fourth-order valence-corrected chi connectivity index (χ4v) is 5.24. The number of ether oxygens (including phenoxy) is 3. The topological polar surface area (TPSA) is 78.9 Å². The Bertz CT molecular complexity index is 492. The highest BCUT2D eigenvalue weighted by atomic mass is 16.6. The lowest BCUT2D eigenvalue weighted by atomic mass is 9.50. The first kappa shape index (κ1) is 17.4. The lowest BCUT2D eigenvalue weighted by molar-refractivity contribution is -0.182. The van der Waals surface area contributed by atoms with Gasteiger partial charge >= 0.3 is 11.9 Å². The van der Waals surface area contributed by atoms with Crippen LogP contribution in [0.5, 0.6) is 0 Å². The average Bonchev–Trinajstić information content (AvgIpc) is 2.56. The van der Waals surface area contributed by atoms with E-state index >= 15 is 0 Å². The van der Waals surface area contributed by atoms with Gasteiger partial charge in [0.25, 0.3) is 0 Å². The second-order valence-electron chi connectivity index (χ2n) is 8.08. The molecular formula is C18H26O6. The summed E-state index contributed by atoms with van der Waals surface area (Å²) >= 11 is 0. The zero-order valence-electron chi connectivity index (χ0n) is 14.4. The van der Waals surface area contributed by atoms with Crippen molar-refractivity contribution < 1.29 is 28.6 Å². The Morgan fingerprint density at radius 3 is 2.12 bits per heavy atom. The van der Waals surface area contributed by atoms with Gasteiger partial charge in [-0.15, -0.1) is 0 Å². The molecule has 4 saturated carbocycles. The van der Waals surface area contributed by atoms with Gasteiger partial charge in [-0.1, -0.05) is 0 Å². The largest absolute Gasteiger partial charge is 0.467 e. The van der Waals surface area contributed by atoms with Crippen LogP contribution in [0.2, 0.25) is 0 Å². The number of esters is 2. The zero-order chi connectivity index (χ0) is 17.4. The maximum atomic E-state index is 12.4. The predicted molar refractivity (Wildman–Crippen MR) is 84.0 cm³/mol. The molecule has 4 fully saturated rings. The molecule has 0 radical (unpaired) electrons. The monoisotopic (exact) mass is 338 g/mol. The zero-order valence-corrected chi connectivity index (χ0v) is 14.4. The summed E-state index contributed by atoms with van der Waals surface area (Å²) in [5.74, 6) is 0.933. The van der Waals surface area contributed by atoms with E-state index in [1.54, 1.807) is 0 Å². The van der Waals surface area contributed by atoms with Crippen molar-refractivity contribution in [3.8, 4) is 0 Å². The minimum absolute atomic E-state index is 0.0799. The van der Waals surface area contributed by atoms with Gasteiger partial charge in [0.1, 0.15) is 6.61 Å². The highest BCUT2D eigenvalue weighted by molar-refractivity contribution is 5.96. The Kier molecular flexibility index (Phi) is 4.69. The van der Waals surface area contributed by atoms with Crippen LogP contribution in [0.3, 0.4) is 0 Å². The molecule has 0 saturated heterocycles. The van der Waals surface area contributed by atoms with Gasteiger partial charge in [-0.3, -0.25) is 4.79 Å². The molecule has 0 N–H and O–H groups in total. The SMILES string of the molecule is COC(=O)COC(C)(C=O)C(=O)OCC12CC3CC(CC(C3)C1)C2. The fourth-order valence-electron chi connectivity index (χ4n) is 5.24. The van der Waals surface area contributed by atoms with Crippen molar-refractivity contribution in [3.05, 3.63) is 0 Å². The second-order valence-corrected chi connectivity index (χ2v) is 8.08. The van der Waals surface area contributed by atoms with Crippen molar-refractivity contribution in [2.75, 3.05) is 20.3 Å². The van der Waals surface area contributed by atoms with Gasteiger partial charge in [-0.05, 0) is 63.2 Å². The maximum Gasteiger partial charge on any atom is 0.345 e. The van der Waals surface area contributed by atoms with Gasteiger partial charge in [0.15, 0.2) is 6.29 Å².